The van der Waals surface area contributed by atoms with Crippen LogP contribution < -0.4 is 34.7 Å². The van der Waals surface area contributed by atoms with Gasteiger partial charge in [0.1, 0.15) is 45.8 Å². The number of nitrogens with one attached hydrogen (secondary N) is 1. The van der Waals surface area contributed by atoms with E-state index in [1.165, 1.54) is 13.0 Å². The first-order valence-corrected chi connectivity index (χ1v) is 18.2. The molecule has 0 bridgehead atoms. The average Bonchev–Trinajstić information content (AvgIpc) is 3.39. The summed E-state index contributed by atoms with van der Waals surface area (Å²) in [5.41, 5.74) is 10.5. The minimum Gasteiger partial charge on any atom is -0.490 e. The van der Waals surface area contributed by atoms with Crippen LogP contribution in [0.5, 0.6) is 23.0 Å². The Morgan fingerprint density at radius 2 is 1.44 bits per heavy atom. The van der Waals surface area contributed by atoms with E-state index in [1.54, 1.807) is 12.1 Å². The molecule has 0 spiro atoms. The molecule has 0 aliphatic heterocycles. The number of sulfonamides is 1. The largest absolute Gasteiger partial charge is 0.490 e. The van der Waals surface area contributed by atoms with Crippen LogP contribution in [0.15, 0.2) is 46.7 Å². The number of hydrogen-bond donors (Lipinski definition) is 3. The zero-order valence-electron chi connectivity index (χ0n) is 25.3. The van der Waals surface area contributed by atoms with Crippen molar-refractivity contribution in [2.45, 2.75) is 24.0 Å². The summed E-state index contributed by atoms with van der Waals surface area (Å²) < 4.78 is 109. The van der Waals surface area contributed by atoms with Crippen LogP contribution >= 0.6 is 18.9 Å². The van der Waals surface area contributed by atoms with E-state index in [2.05, 4.69) is 4.72 Å². The third-order valence-corrected chi connectivity index (χ3v) is 11.6. The highest BCUT2D eigenvalue weighted by atomic mass is 32.2. The van der Waals surface area contributed by atoms with E-state index in [-0.39, 0.29) is 62.2 Å². The quantitative estimate of drug-likeness (QED) is 0.0986. The molecule has 0 aliphatic carbocycles. The summed E-state index contributed by atoms with van der Waals surface area (Å²) in [6.07, 6.45) is -0.181. The van der Waals surface area contributed by atoms with E-state index in [0.29, 0.717) is 30.7 Å². The van der Waals surface area contributed by atoms with Crippen LogP contribution in [0.3, 0.4) is 0 Å². The molecule has 254 valence electrons. The molecule has 0 aliphatic rings. The van der Waals surface area contributed by atoms with Crippen LogP contribution in [0.1, 0.15) is 29.5 Å². The molecule has 0 unspecified atom stereocenters. The molecule has 12 nitrogen and oxygen atoms in total. The van der Waals surface area contributed by atoms with Gasteiger partial charge in [-0.05, 0) is 68.8 Å². The number of hydrogen-bond acceptors (Lipinski definition) is 12. The summed E-state index contributed by atoms with van der Waals surface area (Å²) in [7, 11) is -9.26. The third kappa shape index (κ3) is 8.38. The smallest absolute Gasteiger partial charge is 0.445 e. The summed E-state index contributed by atoms with van der Waals surface area (Å²) in [6, 6.07) is 10.4. The molecule has 0 radical (unpaired) electrons. The normalized spacial score (nSPS) is 11.6. The molecule has 1 aromatic heterocycles. The van der Waals surface area contributed by atoms with Crippen LogP contribution in [0, 0.1) is 47.0 Å². The molecular formula is C30H29F3N5O7PS2. The Morgan fingerprint density at radius 1 is 0.896 bits per heavy atom. The van der Waals surface area contributed by atoms with Crippen molar-refractivity contribution in [3.05, 3.63) is 76.6 Å². The predicted octanol–water partition coefficient (Wildman–Crippen LogP) is 5.41. The van der Waals surface area contributed by atoms with Gasteiger partial charge in [0.25, 0.3) is 10.0 Å². The Hall–Kier alpha value is -4.35. The lowest BCUT2D eigenvalue weighted by Gasteiger charge is -2.20. The zero-order valence-corrected chi connectivity index (χ0v) is 27.8. The van der Waals surface area contributed by atoms with Gasteiger partial charge in [-0.25, -0.2) is 26.2 Å². The van der Waals surface area contributed by atoms with Crippen LogP contribution in [0.4, 0.5) is 13.2 Å². The number of nitrogens with two attached hydrogens (primary N) is 2. The summed E-state index contributed by atoms with van der Waals surface area (Å²) in [5, 5.41) is 18.2. The van der Waals surface area contributed by atoms with Gasteiger partial charge in [0.15, 0.2) is 17.3 Å². The molecule has 3 aromatic carbocycles. The van der Waals surface area contributed by atoms with Gasteiger partial charge in [0, 0.05) is 17.5 Å². The summed E-state index contributed by atoms with van der Waals surface area (Å²) in [5.74, 6) is -3.87. The van der Waals surface area contributed by atoms with Crippen molar-refractivity contribution in [1.29, 1.82) is 10.5 Å². The fourth-order valence-electron chi connectivity index (χ4n) is 4.19. The molecule has 0 fully saturated rings. The Kier molecular flexibility index (Phi) is 11.9. The second-order valence-electron chi connectivity index (χ2n) is 10.00. The first kappa shape index (κ1) is 36.5. The number of aryl methyl sites for hydroxylation is 1. The molecular weight excluding hydrogens is 694 g/mol. The molecule has 0 atom stereocenters. The fraction of sp³-hybridized carbons (Fsp3) is 0.267. The van der Waals surface area contributed by atoms with Gasteiger partial charge in [-0.15, -0.1) is 11.3 Å². The topological polar surface area (TPSA) is 200 Å². The highest BCUT2D eigenvalue weighted by molar-refractivity contribution is 7.92. The maximum Gasteiger partial charge on any atom is 0.445 e. The van der Waals surface area contributed by atoms with E-state index in [1.807, 2.05) is 0 Å². The summed E-state index contributed by atoms with van der Waals surface area (Å²) >= 11 is 0.581. The lowest BCUT2D eigenvalue weighted by atomic mass is 10.1. The van der Waals surface area contributed by atoms with Gasteiger partial charge < -0.3 is 30.0 Å². The lowest BCUT2D eigenvalue weighted by Crippen LogP contribution is -2.27. The Labute approximate surface area is 278 Å². The average molecular weight is 724 g/mol. The molecule has 1 heterocycles. The highest BCUT2D eigenvalue weighted by Gasteiger charge is 2.34. The monoisotopic (exact) mass is 723 g/mol. The van der Waals surface area contributed by atoms with Crippen LogP contribution in [0.2, 0.25) is 0 Å². The molecule has 4 rings (SSSR count). The first-order valence-electron chi connectivity index (χ1n) is 14.1. The van der Waals surface area contributed by atoms with Crippen molar-refractivity contribution in [2.24, 2.45) is 11.5 Å². The van der Waals surface area contributed by atoms with Crippen LogP contribution in [0.25, 0.3) is 10.1 Å². The van der Waals surface area contributed by atoms with Crippen molar-refractivity contribution in [2.75, 3.05) is 32.6 Å². The Bertz CT molecular complexity index is 2000. The summed E-state index contributed by atoms with van der Waals surface area (Å²) in [4.78, 5) is 0. The molecule has 48 heavy (non-hydrogen) atoms. The first-order chi connectivity index (χ1) is 22.9. The van der Waals surface area contributed by atoms with Crippen molar-refractivity contribution in [3.63, 3.8) is 0 Å². The number of benzene rings is 3. The van der Waals surface area contributed by atoms with E-state index in [9.17, 15) is 21.8 Å². The predicted molar refractivity (Wildman–Crippen MR) is 171 cm³/mol. The van der Waals surface area contributed by atoms with E-state index >= 15 is 4.39 Å². The number of ether oxygens (including phenoxy) is 2. The molecule has 5 N–H and O–H groups in total. The zero-order chi connectivity index (χ0) is 35.1. The fourth-order valence-corrected chi connectivity index (χ4v) is 9.00. The maximum absolute atomic E-state index is 15.8. The minimum atomic E-state index is -4.69. The molecule has 0 amide bonds. The van der Waals surface area contributed by atoms with Gasteiger partial charge in [0.05, 0.1) is 29.0 Å². The Morgan fingerprint density at radius 3 is 1.94 bits per heavy atom. The number of thiophene rings is 1. The summed E-state index contributed by atoms with van der Waals surface area (Å²) in [6.45, 7) is 2.27. The van der Waals surface area contributed by atoms with Crippen molar-refractivity contribution < 1.29 is 44.7 Å². The minimum absolute atomic E-state index is 0.0406. The van der Waals surface area contributed by atoms with E-state index < -0.39 is 52.9 Å². The van der Waals surface area contributed by atoms with Crippen molar-refractivity contribution in [1.82, 2.24) is 4.72 Å². The molecule has 0 saturated carbocycles. The van der Waals surface area contributed by atoms with E-state index in [4.69, 9.17) is 40.5 Å². The van der Waals surface area contributed by atoms with Gasteiger partial charge in [-0.2, -0.15) is 15.2 Å². The second-order valence-corrected chi connectivity index (χ2v) is 14.9. The number of nitrogens with zero attached hydrogens (tertiary/aromatic N) is 2. The van der Waals surface area contributed by atoms with E-state index in [0.717, 1.165) is 36.4 Å². The number of halogens is 3. The van der Waals surface area contributed by atoms with Gasteiger partial charge in [-0.3, -0.25) is 0 Å². The number of rotatable bonds is 16. The standard InChI is InChI=1S/C30H29F3N5O7PS2/c1-18-23-14-26(42-10-2-8-34)28(43-11-3-9-35)27(33)29(23)47-30(18)48(40,41)38-17-46(39,44-21-6-4-19(15-36)24(31)12-21)45-22-7-5-20(16-37)25(32)13-22/h4-7,12-14,38H,2-3,8-11,17,34-35H2,1H3. The third-order valence-electron chi connectivity index (χ3n) is 6.55. The Balaban J connectivity index is 1.70. The molecule has 0 saturated heterocycles. The highest BCUT2D eigenvalue weighted by Crippen LogP contribution is 2.49. The lowest BCUT2D eigenvalue weighted by molar-refractivity contribution is 0.256. The van der Waals surface area contributed by atoms with Crippen molar-refractivity contribution >= 4 is 39.0 Å². The number of nitriles is 2. The van der Waals surface area contributed by atoms with Gasteiger partial charge >= 0.3 is 7.60 Å². The van der Waals surface area contributed by atoms with Gasteiger partial charge in [-0.1, -0.05) is 0 Å². The second kappa shape index (κ2) is 15.7. The SMILES string of the molecule is Cc1c(S(=O)(=O)NCP(=O)(Oc2ccc(C#N)c(F)c2)Oc2ccc(C#N)c(F)c2)sc2c(F)c(OCCCN)c(OCCCN)cc12. The van der Waals surface area contributed by atoms with Crippen LogP contribution in [-0.2, 0) is 14.6 Å². The van der Waals surface area contributed by atoms with Crippen LogP contribution in [-0.4, -0.2) is 41.0 Å². The molecule has 4 aromatic rings. The molecule has 18 heteroatoms. The number of fused-ring (bicyclic) bond motifs is 1. The maximum atomic E-state index is 15.8. The van der Waals surface area contributed by atoms with Gasteiger partial charge in [0.2, 0.25) is 0 Å². The van der Waals surface area contributed by atoms with Crippen molar-refractivity contribution in [3.8, 4) is 35.1 Å².